The molecule has 1 heterocycles. The molecule has 0 amide bonds. The van der Waals surface area contributed by atoms with Gasteiger partial charge in [0.25, 0.3) is 0 Å². The van der Waals surface area contributed by atoms with E-state index in [1.165, 1.54) is 32.5 Å². The van der Waals surface area contributed by atoms with Gasteiger partial charge in [0, 0.05) is 36.6 Å². The molecule has 1 aromatic carbocycles. The van der Waals surface area contributed by atoms with Crippen LogP contribution >= 0.6 is 0 Å². The van der Waals surface area contributed by atoms with E-state index in [9.17, 15) is 0 Å². The van der Waals surface area contributed by atoms with Crippen LogP contribution in [0.3, 0.4) is 0 Å². The van der Waals surface area contributed by atoms with Crippen LogP contribution in [0.5, 0.6) is 5.75 Å². The zero-order valence-electron chi connectivity index (χ0n) is 12.0. The number of likely N-dealkylation sites (tertiary alicyclic amines) is 1. The third kappa shape index (κ3) is 4.31. The first-order valence-electron chi connectivity index (χ1n) is 7.08. The molecule has 1 fully saturated rings. The maximum absolute atomic E-state index is 5.85. The van der Waals surface area contributed by atoms with E-state index in [4.69, 9.17) is 10.5 Å². The van der Waals surface area contributed by atoms with Gasteiger partial charge in [-0.25, -0.2) is 0 Å². The second-order valence-electron chi connectivity index (χ2n) is 5.49. The first-order chi connectivity index (χ1) is 9.17. The lowest BCUT2D eigenvalue weighted by Crippen LogP contribution is -2.28. The molecule has 106 valence electrons. The van der Waals surface area contributed by atoms with Crippen LogP contribution in [0.4, 0.5) is 11.4 Å². The predicted molar refractivity (Wildman–Crippen MR) is 80.7 cm³/mol. The Hall–Kier alpha value is -1.42. The summed E-state index contributed by atoms with van der Waals surface area (Å²) in [7, 11) is 1.66. The molecule has 1 saturated heterocycles. The van der Waals surface area contributed by atoms with Gasteiger partial charge < -0.3 is 20.7 Å². The number of nitrogens with two attached hydrogens (primary N) is 1. The van der Waals surface area contributed by atoms with Crippen LogP contribution < -0.4 is 15.8 Å². The van der Waals surface area contributed by atoms with Crippen LogP contribution in [-0.2, 0) is 0 Å². The zero-order chi connectivity index (χ0) is 13.7. The first kappa shape index (κ1) is 14.0. The monoisotopic (exact) mass is 263 g/mol. The summed E-state index contributed by atoms with van der Waals surface area (Å²) in [6.45, 7) is 6.94. The lowest BCUT2D eigenvalue weighted by Gasteiger charge is -2.21. The summed E-state index contributed by atoms with van der Waals surface area (Å²) in [4.78, 5) is 2.55. The van der Waals surface area contributed by atoms with E-state index in [0.717, 1.165) is 23.7 Å². The maximum Gasteiger partial charge on any atom is 0.122 e. The van der Waals surface area contributed by atoms with Gasteiger partial charge in [0.15, 0.2) is 0 Å². The molecule has 0 aliphatic carbocycles. The Morgan fingerprint density at radius 1 is 1.32 bits per heavy atom. The third-order valence-corrected chi connectivity index (χ3v) is 3.59. The number of nitrogen functional groups attached to an aromatic ring is 1. The van der Waals surface area contributed by atoms with E-state index < -0.39 is 0 Å². The topological polar surface area (TPSA) is 50.5 Å². The van der Waals surface area contributed by atoms with Crippen LogP contribution in [0.1, 0.15) is 19.8 Å². The molecule has 1 atom stereocenters. The molecule has 4 nitrogen and oxygen atoms in total. The number of hydrogen-bond donors (Lipinski definition) is 2. The minimum absolute atomic E-state index is 0.630. The lowest BCUT2D eigenvalue weighted by atomic mass is 10.1. The van der Waals surface area contributed by atoms with Gasteiger partial charge in [-0.05, 0) is 37.9 Å². The molecule has 19 heavy (non-hydrogen) atoms. The van der Waals surface area contributed by atoms with Crippen LogP contribution in [0.25, 0.3) is 0 Å². The molecule has 0 aromatic heterocycles. The highest BCUT2D eigenvalue weighted by atomic mass is 16.5. The van der Waals surface area contributed by atoms with E-state index in [-0.39, 0.29) is 0 Å². The van der Waals surface area contributed by atoms with Crippen LogP contribution in [-0.4, -0.2) is 38.2 Å². The molecular weight excluding hydrogens is 238 g/mol. The maximum atomic E-state index is 5.85. The number of nitrogens with one attached hydrogen (secondary N) is 1. The van der Waals surface area contributed by atoms with Gasteiger partial charge in [-0.2, -0.15) is 0 Å². The van der Waals surface area contributed by atoms with Crippen molar-refractivity contribution >= 4 is 11.4 Å². The number of methoxy groups -OCH3 is 1. The van der Waals surface area contributed by atoms with E-state index in [0.29, 0.717) is 5.92 Å². The van der Waals surface area contributed by atoms with Gasteiger partial charge in [-0.1, -0.05) is 6.92 Å². The molecule has 3 N–H and O–H groups in total. The predicted octanol–water partition coefficient (Wildman–Crippen LogP) is 2.42. The summed E-state index contributed by atoms with van der Waals surface area (Å²) in [5.74, 6) is 1.43. The quantitative estimate of drug-likeness (QED) is 0.774. The Morgan fingerprint density at radius 3 is 2.74 bits per heavy atom. The Balaban J connectivity index is 1.82. The highest BCUT2D eigenvalue weighted by molar-refractivity contribution is 5.59. The molecule has 1 unspecified atom stereocenters. The second kappa shape index (κ2) is 6.66. The summed E-state index contributed by atoms with van der Waals surface area (Å²) in [5.41, 5.74) is 7.61. The SMILES string of the molecule is COc1cc(N)cc(NCC(C)CN2CCCC2)c1. The summed E-state index contributed by atoms with van der Waals surface area (Å²) in [5, 5.41) is 3.45. The number of anilines is 2. The van der Waals surface area contributed by atoms with Gasteiger partial charge in [0.2, 0.25) is 0 Å². The lowest BCUT2D eigenvalue weighted by molar-refractivity contribution is 0.294. The minimum Gasteiger partial charge on any atom is -0.497 e. The van der Waals surface area contributed by atoms with E-state index in [1.54, 1.807) is 7.11 Å². The third-order valence-electron chi connectivity index (χ3n) is 3.59. The van der Waals surface area contributed by atoms with Crippen LogP contribution in [0, 0.1) is 5.92 Å². The zero-order valence-corrected chi connectivity index (χ0v) is 12.0. The van der Waals surface area contributed by atoms with Crippen molar-refractivity contribution in [1.29, 1.82) is 0 Å². The van der Waals surface area contributed by atoms with Crippen molar-refractivity contribution in [2.75, 3.05) is 44.3 Å². The van der Waals surface area contributed by atoms with Gasteiger partial charge >= 0.3 is 0 Å². The standard InChI is InChI=1S/C15H25N3O/c1-12(11-18-5-3-4-6-18)10-17-14-7-13(16)8-15(9-14)19-2/h7-9,12,17H,3-6,10-11,16H2,1-2H3. The summed E-state index contributed by atoms with van der Waals surface area (Å²) in [6, 6.07) is 5.77. The fraction of sp³-hybridized carbons (Fsp3) is 0.600. The van der Waals surface area contributed by atoms with Crippen molar-refractivity contribution < 1.29 is 4.74 Å². The highest BCUT2D eigenvalue weighted by Gasteiger charge is 2.14. The van der Waals surface area contributed by atoms with Crippen LogP contribution in [0.2, 0.25) is 0 Å². The molecule has 2 rings (SSSR count). The molecule has 1 aliphatic heterocycles. The first-order valence-corrected chi connectivity index (χ1v) is 7.08. The van der Waals surface area contributed by atoms with E-state index in [2.05, 4.69) is 17.1 Å². The Bertz CT molecular complexity index is 402. The Kier molecular flexibility index (Phi) is 4.91. The number of hydrogen-bond acceptors (Lipinski definition) is 4. The van der Waals surface area contributed by atoms with Crippen molar-refractivity contribution in [1.82, 2.24) is 4.90 Å². The fourth-order valence-electron chi connectivity index (χ4n) is 2.60. The fourth-order valence-corrected chi connectivity index (χ4v) is 2.60. The normalized spacial score (nSPS) is 17.4. The van der Waals surface area contributed by atoms with Gasteiger partial charge in [0.1, 0.15) is 5.75 Å². The Morgan fingerprint density at radius 2 is 2.05 bits per heavy atom. The largest absolute Gasteiger partial charge is 0.497 e. The summed E-state index contributed by atoms with van der Waals surface area (Å²) in [6.07, 6.45) is 2.71. The van der Waals surface area contributed by atoms with Gasteiger partial charge in [-0.15, -0.1) is 0 Å². The van der Waals surface area contributed by atoms with Crippen LogP contribution in [0.15, 0.2) is 18.2 Å². The Labute approximate surface area is 115 Å². The second-order valence-corrected chi connectivity index (χ2v) is 5.49. The number of rotatable bonds is 6. The smallest absolute Gasteiger partial charge is 0.122 e. The molecule has 4 heteroatoms. The van der Waals surface area contributed by atoms with Crippen molar-refractivity contribution in [2.45, 2.75) is 19.8 Å². The van der Waals surface area contributed by atoms with E-state index >= 15 is 0 Å². The van der Waals surface area contributed by atoms with Crippen molar-refractivity contribution in [3.63, 3.8) is 0 Å². The highest BCUT2D eigenvalue weighted by Crippen LogP contribution is 2.22. The summed E-state index contributed by atoms with van der Waals surface area (Å²) < 4.78 is 5.22. The van der Waals surface area contributed by atoms with Gasteiger partial charge in [-0.3, -0.25) is 0 Å². The van der Waals surface area contributed by atoms with Crippen molar-refractivity contribution in [2.24, 2.45) is 5.92 Å². The molecule has 0 bridgehead atoms. The summed E-state index contributed by atoms with van der Waals surface area (Å²) >= 11 is 0. The molecule has 0 radical (unpaired) electrons. The van der Waals surface area contributed by atoms with E-state index in [1.807, 2.05) is 18.2 Å². The molecule has 0 spiro atoms. The minimum atomic E-state index is 0.630. The number of benzene rings is 1. The average molecular weight is 263 g/mol. The number of nitrogens with zero attached hydrogens (tertiary/aromatic N) is 1. The van der Waals surface area contributed by atoms with Gasteiger partial charge in [0.05, 0.1) is 7.11 Å². The average Bonchev–Trinajstić information content (AvgIpc) is 2.88. The number of ether oxygens (including phenoxy) is 1. The molecule has 0 saturated carbocycles. The molecular formula is C15H25N3O. The molecule has 1 aliphatic rings. The molecule has 1 aromatic rings. The van der Waals surface area contributed by atoms with Crippen molar-refractivity contribution in [3.8, 4) is 5.75 Å². The van der Waals surface area contributed by atoms with Crippen molar-refractivity contribution in [3.05, 3.63) is 18.2 Å².